The van der Waals surface area contributed by atoms with Crippen LogP contribution in [-0.2, 0) is 9.53 Å². The molecular weight excluding hydrogens is 240 g/mol. The molecule has 0 N–H and O–H groups in total. The van der Waals surface area contributed by atoms with Crippen LogP contribution in [0.15, 0.2) is 29.8 Å². The number of benzene rings is 1. The Labute approximate surface area is 114 Å². The van der Waals surface area contributed by atoms with Gasteiger partial charge in [-0.05, 0) is 36.5 Å². The molecule has 1 aromatic carbocycles. The first-order valence-electron chi connectivity index (χ1n) is 6.60. The van der Waals surface area contributed by atoms with Crippen molar-refractivity contribution in [1.82, 2.24) is 0 Å². The maximum absolute atomic E-state index is 12.0. The van der Waals surface area contributed by atoms with Crippen molar-refractivity contribution in [2.45, 2.75) is 19.3 Å². The second-order valence-corrected chi connectivity index (χ2v) is 4.90. The molecule has 1 aliphatic carbocycles. The van der Waals surface area contributed by atoms with E-state index in [1.807, 2.05) is 30.3 Å². The first kappa shape index (κ1) is 13.8. The van der Waals surface area contributed by atoms with Gasteiger partial charge in [-0.15, -0.1) is 0 Å². The van der Waals surface area contributed by atoms with Crippen molar-refractivity contribution < 1.29 is 14.3 Å². The lowest BCUT2D eigenvalue weighted by Crippen LogP contribution is -2.20. The van der Waals surface area contributed by atoms with Gasteiger partial charge in [0.05, 0.1) is 7.11 Å². The minimum Gasteiger partial charge on any atom is -0.496 e. The van der Waals surface area contributed by atoms with E-state index >= 15 is 0 Å². The number of ketones is 1. The van der Waals surface area contributed by atoms with Gasteiger partial charge in [0.25, 0.3) is 0 Å². The standard InChI is InChI=1S/C16H20O3/c1-18-11-12-7-8-15(17)14(9-12)10-13-5-3-4-6-16(13)19-2/h3-6,10,12H,7-9,11H2,1-2H3. The van der Waals surface area contributed by atoms with Crippen LogP contribution in [0.4, 0.5) is 0 Å². The van der Waals surface area contributed by atoms with Gasteiger partial charge in [-0.25, -0.2) is 0 Å². The van der Waals surface area contributed by atoms with Gasteiger partial charge >= 0.3 is 0 Å². The average Bonchev–Trinajstić information content (AvgIpc) is 2.43. The van der Waals surface area contributed by atoms with Crippen LogP contribution < -0.4 is 4.74 Å². The van der Waals surface area contributed by atoms with Gasteiger partial charge in [0.2, 0.25) is 0 Å². The van der Waals surface area contributed by atoms with Crippen molar-refractivity contribution >= 4 is 11.9 Å². The Morgan fingerprint density at radius 3 is 2.84 bits per heavy atom. The predicted molar refractivity (Wildman–Crippen MR) is 75.2 cm³/mol. The number of hydrogen-bond acceptors (Lipinski definition) is 3. The summed E-state index contributed by atoms with van der Waals surface area (Å²) in [6.07, 6.45) is 4.30. The van der Waals surface area contributed by atoms with Crippen LogP contribution >= 0.6 is 0 Å². The fraction of sp³-hybridized carbons (Fsp3) is 0.438. The molecule has 2 rings (SSSR count). The molecule has 3 nitrogen and oxygen atoms in total. The monoisotopic (exact) mass is 260 g/mol. The van der Waals surface area contributed by atoms with Gasteiger partial charge in [-0.2, -0.15) is 0 Å². The summed E-state index contributed by atoms with van der Waals surface area (Å²) in [7, 11) is 3.35. The SMILES string of the molecule is COCC1CCC(=O)C(=Cc2ccccc2OC)C1. The highest BCUT2D eigenvalue weighted by Gasteiger charge is 2.23. The Balaban J connectivity index is 2.22. The average molecular weight is 260 g/mol. The molecule has 19 heavy (non-hydrogen) atoms. The van der Waals surface area contributed by atoms with Crippen LogP contribution in [0, 0.1) is 5.92 Å². The molecule has 1 saturated carbocycles. The Kier molecular flexibility index (Phi) is 4.74. The van der Waals surface area contributed by atoms with Gasteiger partial charge in [-0.3, -0.25) is 4.79 Å². The molecule has 102 valence electrons. The lowest BCUT2D eigenvalue weighted by molar-refractivity contribution is -0.117. The Hall–Kier alpha value is -1.61. The molecule has 0 radical (unpaired) electrons. The maximum Gasteiger partial charge on any atom is 0.158 e. The molecule has 1 atom stereocenters. The smallest absolute Gasteiger partial charge is 0.158 e. The third-order valence-electron chi connectivity index (χ3n) is 3.52. The summed E-state index contributed by atoms with van der Waals surface area (Å²) in [6, 6.07) is 7.76. The van der Waals surface area contributed by atoms with Gasteiger partial charge in [0.1, 0.15) is 5.75 Å². The first-order valence-corrected chi connectivity index (χ1v) is 6.60. The third kappa shape index (κ3) is 3.44. The van der Waals surface area contributed by atoms with E-state index in [0.717, 1.165) is 36.3 Å². The molecule has 0 amide bonds. The highest BCUT2D eigenvalue weighted by Crippen LogP contribution is 2.29. The quantitative estimate of drug-likeness (QED) is 0.780. The van der Waals surface area contributed by atoms with Gasteiger partial charge < -0.3 is 9.47 Å². The molecular formula is C16H20O3. The minimum absolute atomic E-state index is 0.248. The zero-order chi connectivity index (χ0) is 13.7. The van der Waals surface area contributed by atoms with E-state index < -0.39 is 0 Å². The number of carbonyl (C=O) groups is 1. The molecule has 3 heteroatoms. The van der Waals surface area contributed by atoms with Crippen molar-refractivity contribution in [3.63, 3.8) is 0 Å². The molecule has 1 aromatic rings. The van der Waals surface area contributed by atoms with Crippen molar-refractivity contribution in [2.75, 3.05) is 20.8 Å². The van der Waals surface area contributed by atoms with Crippen molar-refractivity contribution in [3.8, 4) is 5.75 Å². The fourth-order valence-corrected chi connectivity index (χ4v) is 2.51. The van der Waals surface area contributed by atoms with E-state index in [1.54, 1.807) is 14.2 Å². The fourth-order valence-electron chi connectivity index (χ4n) is 2.51. The van der Waals surface area contributed by atoms with E-state index in [2.05, 4.69) is 0 Å². The number of methoxy groups -OCH3 is 2. The van der Waals surface area contributed by atoms with Crippen molar-refractivity contribution in [3.05, 3.63) is 35.4 Å². The van der Waals surface area contributed by atoms with Crippen LogP contribution in [0.2, 0.25) is 0 Å². The predicted octanol–water partition coefficient (Wildman–Crippen LogP) is 3.09. The Morgan fingerprint density at radius 1 is 1.32 bits per heavy atom. The van der Waals surface area contributed by atoms with Crippen LogP contribution in [0.3, 0.4) is 0 Å². The zero-order valence-corrected chi connectivity index (χ0v) is 11.5. The van der Waals surface area contributed by atoms with E-state index in [1.165, 1.54) is 0 Å². The van der Waals surface area contributed by atoms with Gasteiger partial charge in [-0.1, -0.05) is 18.2 Å². The van der Waals surface area contributed by atoms with Crippen LogP contribution in [0.5, 0.6) is 5.75 Å². The molecule has 0 spiro atoms. The van der Waals surface area contributed by atoms with Crippen LogP contribution in [-0.4, -0.2) is 26.6 Å². The summed E-state index contributed by atoms with van der Waals surface area (Å²) >= 11 is 0. The molecule has 0 aromatic heterocycles. The lowest BCUT2D eigenvalue weighted by atomic mass is 9.84. The summed E-state index contributed by atoms with van der Waals surface area (Å²) in [5, 5.41) is 0. The van der Waals surface area contributed by atoms with Gasteiger partial charge in [0, 0.05) is 25.7 Å². The number of hydrogen-bond donors (Lipinski definition) is 0. The minimum atomic E-state index is 0.248. The van der Waals surface area contributed by atoms with Crippen molar-refractivity contribution in [1.29, 1.82) is 0 Å². The van der Waals surface area contributed by atoms with E-state index in [9.17, 15) is 4.79 Å². The Bertz CT molecular complexity index is 477. The maximum atomic E-state index is 12.0. The molecule has 1 aliphatic rings. The summed E-state index contributed by atoms with van der Waals surface area (Å²) < 4.78 is 10.5. The zero-order valence-electron chi connectivity index (χ0n) is 11.5. The first-order chi connectivity index (χ1) is 9.24. The summed E-state index contributed by atoms with van der Waals surface area (Å²) in [6.45, 7) is 0.719. The highest BCUT2D eigenvalue weighted by molar-refractivity contribution is 6.00. The van der Waals surface area contributed by atoms with Gasteiger partial charge in [0.15, 0.2) is 5.78 Å². The Morgan fingerprint density at radius 2 is 2.11 bits per heavy atom. The number of carbonyl (C=O) groups excluding carboxylic acids is 1. The van der Waals surface area contributed by atoms with E-state index in [-0.39, 0.29) is 5.78 Å². The molecule has 0 bridgehead atoms. The third-order valence-corrected chi connectivity index (χ3v) is 3.52. The van der Waals surface area contributed by atoms with E-state index in [4.69, 9.17) is 9.47 Å². The van der Waals surface area contributed by atoms with E-state index in [0.29, 0.717) is 12.3 Å². The summed E-state index contributed by atoms with van der Waals surface area (Å²) in [5.41, 5.74) is 1.85. The second kappa shape index (κ2) is 6.53. The molecule has 0 saturated heterocycles. The molecule has 0 heterocycles. The largest absolute Gasteiger partial charge is 0.496 e. The molecule has 1 fully saturated rings. The molecule has 1 unspecified atom stereocenters. The number of rotatable bonds is 4. The number of allylic oxidation sites excluding steroid dienone is 1. The van der Waals surface area contributed by atoms with Crippen molar-refractivity contribution in [2.24, 2.45) is 5.92 Å². The number of Topliss-reactive ketones (excluding diaryl/α,β-unsaturated/α-hetero) is 1. The molecule has 0 aliphatic heterocycles. The highest BCUT2D eigenvalue weighted by atomic mass is 16.5. The number of ether oxygens (including phenoxy) is 2. The lowest BCUT2D eigenvalue weighted by Gasteiger charge is -2.22. The normalized spacial score (nSPS) is 21.7. The number of para-hydroxylation sites is 1. The second-order valence-electron chi connectivity index (χ2n) is 4.90. The topological polar surface area (TPSA) is 35.5 Å². The van der Waals surface area contributed by atoms with Crippen LogP contribution in [0.25, 0.3) is 6.08 Å². The summed E-state index contributed by atoms with van der Waals surface area (Å²) in [4.78, 5) is 12.0. The van der Waals surface area contributed by atoms with Crippen LogP contribution in [0.1, 0.15) is 24.8 Å². The summed E-state index contributed by atoms with van der Waals surface area (Å²) in [5.74, 6) is 1.50.